The Hall–Kier alpha value is -1.23. The molecule has 0 fully saturated rings. The summed E-state index contributed by atoms with van der Waals surface area (Å²) in [6, 6.07) is 0. The average molecular weight is 227 g/mol. The van der Waals surface area contributed by atoms with Gasteiger partial charge in [0.05, 0.1) is 5.69 Å². The normalized spacial score (nSPS) is 11.5. The van der Waals surface area contributed by atoms with Gasteiger partial charge in [-0.1, -0.05) is 20.8 Å². The van der Waals surface area contributed by atoms with Gasteiger partial charge in [-0.25, -0.2) is 9.78 Å². The zero-order valence-corrected chi connectivity index (χ0v) is 9.94. The summed E-state index contributed by atoms with van der Waals surface area (Å²) in [6.45, 7) is 6.95. The largest absolute Gasteiger partial charge is 0.477 e. The number of aromatic nitrogens is 1. The second-order valence-corrected chi connectivity index (χ2v) is 5.32. The maximum atomic E-state index is 11.8. The lowest BCUT2D eigenvalue weighted by Crippen LogP contribution is -2.19. The van der Waals surface area contributed by atoms with E-state index in [9.17, 15) is 9.59 Å². The van der Waals surface area contributed by atoms with Gasteiger partial charge in [-0.05, 0) is 6.92 Å². The molecule has 1 rings (SSSR count). The van der Waals surface area contributed by atoms with E-state index >= 15 is 0 Å². The predicted molar refractivity (Wildman–Crippen MR) is 57.6 cm³/mol. The minimum atomic E-state index is -1.03. The molecule has 82 valence electrons. The van der Waals surface area contributed by atoms with Crippen molar-refractivity contribution >= 4 is 23.1 Å². The van der Waals surface area contributed by atoms with E-state index < -0.39 is 11.4 Å². The summed E-state index contributed by atoms with van der Waals surface area (Å²) >= 11 is 0.942. The van der Waals surface area contributed by atoms with Gasteiger partial charge in [-0.3, -0.25) is 4.79 Å². The molecular formula is C10H13NO3S. The molecule has 1 heterocycles. The molecule has 0 unspecified atom stereocenters. The molecule has 0 aromatic carbocycles. The number of carbonyl (C=O) groups excluding carboxylic acids is 1. The van der Waals surface area contributed by atoms with Crippen LogP contribution in [0.4, 0.5) is 0 Å². The highest BCUT2D eigenvalue weighted by molar-refractivity contribution is 7.15. The van der Waals surface area contributed by atoms with Gasteiger partial charge >= 0.3 is 5.97 Å². The van der Waals surface area contributed by atoms with E-state index in [0.717, 1.165) is 11.3 Å². The molecule has 0 radical (unpaired) electrons. The second-order valence-electron chi connectivity index (χ2n) is 4.32. The number of nitrogens with zero attached hydrogens (tertiary/aromatic N) is 1. The van der Waals surface area contributed by atoms with E-state index in [4.69, 9.17) is 5.11 Å². The molecule has 1 aromatic rings. The summed E-state index contributed by atoms with van der Waals surface area (Å²) in [7, 11) is 0. The summed E-state index contributed by atoms with van der Waals surface area (Å²) < 4.78 is 0. The first-order valence-electron chi connectivity index (χ1n) is 4.49. The van der Waals surface area contributed by atoms with Gasteiger partial charge in [0.25, 0.3) is 0 Å². The molecule has 0 spiro atoms. The Morgan fingerprint density at radius 3 is 2.20 bits per heavy atom. The first kappa shape index (κ1) is 11.8. The summed E-state index contributed by atoms with van der Waals surface area (Å²) in [5, 5.41) is 9.10. The molecule has 5 heteroatoms. The van der Waals surface area contributed by atoms with Gasteiger partial charge < -0.3 is 5.11 Å². The van der Waals surface area contributed by atoms with Crippen molar-refractivity contribution < 1.29 is 14.7 Å². The molecule has 0 aliphatic rings. The van der Waals surface area contributed by atoms with E-state index in [1.54, 1.807) is 27.7 Å². The van der Waals surface area contributed by atoms with Crippen LogP contribution < -0.4 is 0 Å². The molecule has 1 N–H and O–H groups in total. The topological polar surface area (TPSA) is 67.3 Å². The van der Waals surface area contributed by atoms with Crippen LogP contribution in [0.3, 0.4) is 0 Å². The molecule has 0 bridgehead atoms. The van der Waals surface area contributed by atoms with Crippen LogP contribution >= 0.6 is 11.3 Å². The Balaban J connectivity index is 3.14. The van der Waals surface area contributed by atoms with E-state index in [-0.39, 0.29) is 15.7 Å². The van der Waals surface area contributed by atoms with Crippen LogP contribution in [0.2, 0.25) is 0 Å². The number of aromatic carboxylic acids is 1. The molecule has 0 atom stereocenters. The zero-order chi connectivity index (χ0) is 11.8. The maximum absolute atomic E-state index is 11.8. The molecule has 0 aliphatic carbocycles. The summed E-state index contributed by atoms with van der Waals surface area (Å²) in [5.41, 5.74) is -0.125. The molecule has 0 aliphatic heterocycles. The Kier molecular flexibility index (Phi) is 2.95. The van der Waals surface area contributed by atoms with Gasteiger partial charge in [0.15, 0.2) is 10.8 Å². The van der Waals surface area contributed by atoms with Gasteiger partial charge in [0, 0.05) is 5.41 Å². The van der Waals surface area contributed by atoms with Crippen LogP contribution in [0.15, 0.2) is 0 Å². The number of carbonyl (C=O) groups is 2. The van der Waals surface area contributed by atoms with Crippen molar-refractivity contribution in [2.75, 3.05) is 0 Å². The highest BCUT2D eigenvalue weighted by atomic mass is 32.1. The molecule has 15 heavy (non-hydrogen) atoms. The first-order valence-corrected chi connectivity index (χ1v) is 5.30. The highest BCUT2D eigenvalue weighted by Crippen LogP contribution is 2.26. The van der Waals surface area contributed by atoms with Crippen LogP contribution in [0.1, 0.15) is 45.9 Å². The standard InChI is InChI=1S/C10H13NO3S/c1-5-6(9(13)14)15-8(11-5)7(12)10(2,3)4/h1-4H3,(H,13,14). The third-order valence-electron chi connectivity index (χ3n) is 1.87. The van der Waals surface area contributed by atoms with Crippen LogP contribution in [-0.2, 0) is 0 Å². The van der Waals surface area contributed by atoms with E-state index in [0.29, 0.717) is 5.69 Å². The Morgan fingerprint density at radius 1 is 1.33 bits per heavy atom. The molecule has 4 nitrogen and oxygen atoms in total. The smallest absolute Gasteiger partial charge is 0.347 e. The van der Waals surface area contributed by atoms with Crippen LogP contribution in [0, 0.1) is 12.3 Å². The number of hydrogen-bond donors (Lipinski definition) is 1. The van der Waals surface area contributed by atoms with Crippen molar-refractivity contribution in [1.82, 2.24) is 4.98 Å². The fourth-order valence-electron chi connectivity index (χ4n) is 1.01. The van der Waals surface area contributed by atoms with Gasteiger partial charge in [0.2, 0.25) is 0 Å². The number of thiazole rings is 1. The maximum Gasteiger partial charge on any atom is 0.347 e. The molecule has 0 amide bonds. The van der Waals surface area contributed by atoms with E-state index in [2.05, 4.69) is 4.98 Å². The van der Waals surface area contributed by atoms with Crippen molar-refractivity contribution in [3.63, 3.8) is 0 Å². The minimum absolute atomic E-state index is 0.122. The number of rotatable bonds is 2. The lowest BCUT2D eigenvalue weighted by atomic mass is 9.91. The third-order valence-corrected chi connectivity index (χ3v) is 3.01. The quantitative estimate of drug-likeness (QED) is 0.788. The fourth-order valence-corrected chi connectivity index (χ4v) is 2.07. The number of Topliss-reactive ketones (excluding diaryl/α,β-unsaturated/α-hetero) is 1. The number of ketones is 1. The van der Waals surface area contributed by atoms with Gasteiger partial charge in [-0.2, -0.15) is 0 Å². The lowest BCUT2D eigenvalue weighted by molar-refractivity contribution is 0.0701. The number of carboxylic acids is 1. The van der Waals surface area contributed by atoms with Crippen molar-refractivity contribution in [1.29, 1.82) is 0 Å². The summed E-state index contributed by atoms with van der Waals surface area (Å²) in [6.07, 6.45) is 0. The lowest BCUT2D eigenvalue weighted by Gasteiger charge is -2.13. The van der Waals surface area contributed by atoms with Crippen LogP contribution in [-0.4, -0.2) is 21.8 Å². The minimum Gasteiger partial charge on any atom is -0.477 e. The van der Waals surface area contributed by atoms with Crippen molar-refractivity contribution in [3.05, 3.63) is 15.6 Å². The van der Waals surface area contributed by atoms with E-state index in [1.807, 2.05) is 0 Å². The zero-order valence-electron chi connectivity index (χ0n) is 9.12. The molecule has 0 saturated heterocycles. The third kappa shape index (κ3) is 2.41. The Labute approximate surface area is 92.0 Å². The molecule has 1 aromatic heterocycles. The van der Waals surface area contributed by atoms with Crippen LogP contribution in [0.5, 0.6) is 0 Å². The van der Waals surface area contributed by atoms with Crippen LogP contribution in [0.25, 0.3) is 0 Å². The first-order chi connectivity index (χ1) is 6.73. The Bertz CT molecular complexity index is 415. The van der Waals surface area contributed by atoms with Gasteiger partial charge in [0.1, 0.15) is 4.88 Å². The number of hydrogen-bond acceptors (Lipinski definition) is 4. The average Bonchev–Trinajstić information content (AvgIpc) is 2.44. The van der Waals surface area contributed by atoms with E-state index in [1.165, 1.54) is 0 Å². The van der Waals surface area contributed by atoms with Crippen molar-refractivity contribution in [2.24, 2.45) is 5.41 Å². The van der Waals surface area contributed by atoms with Crippen molar-refractivity contribution in [2.45, 2.75) is 27.7 Å². The second kappa shape index (κ2) is 3.73. The molecular weight excluding hydrogens is 214 g/mol. The predicted octanol–water partition coefficient (Wildman–Crippen LogP) is 2.38. The number of aryl methyl sites for hydroxylation is 1. The Morgan fingerprint density at radius 2 is 1.87 bits per heavy atom. The molecule has 0 saturated carbocycles. The fraction of sp³-hybridized carbons (Fsp3) is 0.500. The monoisotopic (exact) mass is 227 g/mol. The number of carboxylic acid groups (broad SMARTS) is 1. The van der Waals surface area contributed by atoms with Crippen molar-refractivity contribution in [3.8, 4) is 0 Å². The highest BCUT2D eigenvalue weighted by Gasteiger charge is 2.27. The van der Waals surface area contributed by atoms with Gasteiger partial charge in [-0.15, -0.1) is 11.3 Å². The summed E-state index contributed by atoms with van der Waals surface area (Å²) in [5.74, 6) is -1.15. The summed E-state index contributed by atoms with van der Waals surface area (Å²) in [4.78, 5) is 26.7. The SMILES string of the molecule is Cc1nc(C(=O)C(C)(C)C)sc1C(=O)O.